The smallest absolute Gasteiger partial charge is 0.106 e. The molecular weight excluding hydrogens is 392 g/mol. The van der Waals surface area contributed by atoms with Crippen LogP contribution in [0.1, 0.15) is 101 Å². The summed E-state index contributed by atoms with van der Waals surface area (Å²) in [5.74, 6) is 1.72. The first-order valence-corrected chi connectivity index (χ1v) is 13.2. The quantitative estimate of drug-likeness (QED) is 0.368. The molecule has 32 heavy (non-hydrogen) atoms. The van der Waals surface area contributed by atoms with Crippen LogP contribution in [-0.2, 0) is 9.47 Å². The molecule has 2 unspecified atom stereocenters. The van der Waals surface area contributed by atoms with E-state index in [-0.39, 0.29) is 12.2 Å². The van der Waals surface area contributed by atoms with Gasteiger partial charge in [0.05, 0.1) is 19.3 Å². The summed E-state index contributed by atoms with van der Waals surface area (Å²) in [6.07, 6.45) is 13.5. The molecular formula is C30H42O2. The molecule has 2 aromatic rings. The highest BCUT2D eigenvalue weighted by atomic mass is 16.6. The number of benzene rings is 2. The molecule has 0 radical (unpaired) electrons. The van der Waals surface area contributed by atoms with Crippen LogP contribution in [0.5, 0.6) is 0 Å². The topological polar surface area (TPSA) is 18.5 Å². The Labute approximate surface area is 195 Å². The zero-order valence-electron chi connectivity index (χ0n) is 20.2. The average Bonchev–Trinajstić information content (AvgIpc) is 2.87. The van der Waals surface area contributed by atoms with Crippen LogP contribution < -0.4 is 0 Å². The lowest BCUT2D eigenvalue weighted by Crippen LogP contribution is -2.31. The lowest BCUT2D eigenvalue weighted by molar-refractivity contribution is -0.137. The van der Waals surface area contributed by atoms with Crippen LogP contribution in [-0.4, -0.2) is 19.3 Å². The number of hydrogen-bond donors (Lipinski definition) is 0. The SMILES string of the molecule is CCCCCCC1COC(c2ccc(-c3ccc(C4CCC(CC)CC4)cc3)cc2)CO1. The Balaban J connectivity index is 1.28. The highest BCUT2D eigenvalue weighted by Gasteiger charge is 2.23. The Morgan fingerprint density at radius 1 is 0.688 bits per heavy atom. The van der Waals surface area contributed by atoms with Gasteiger partial charge in [-0.25, -0.2) is 0 Å². The maximum atomic E-state index is 6.15. The molecule has 1 aliphatic carbocycles. The molecule has 0 spiro atoms. The van der Waals surface area contributed by atoms with Crippen LogP contribution in [0.4, 0.5) is 0 Å². The second-order valence-electron chi connectivity index (χ2n) is 10.00. The van der Waals surface area contributed by atoms with E-state index in [9.17, 15) is 0 Å². The van der Waals surface area contributed by atoms with Gasteiger partial charge in [0.15, 0.2) is 0 Å². The van der Waals surface area contributed by atoms with Crippen molar-refractivity contribution in [1.29, 1.82) is 0 Å². The molecule has 1 saturated carbocycles. The van der Waals surface area contributed by atoms with Gasteiger partial charge in [-0.05, 0) is 66.2 Å². The van der Waals surface area contributed by atoms with Gasteiger partial charge in [0.2, 0.25) is 0 Å². The minimum Gasteiger partial charge on any atom is -0.373 e. The fraction of sp³-hybridized carbons (Fsp3) is 0.600. The second-order valence-corrected chi connectivity index (χ2v) is 10.00. The van der Waals surface area contributed by atoms with E-state index in [4.69, 9.17) is 9.47 Å². The maximum Gasteiger partial charge on any atom is 0.106 e. The molecule has 2 nitrogen and oxygen atoms in total. The first kappa shape index (κ1) is 23.5. The minimum atomic E-state index is 0.0663. The lowest BCUT2D eigenvalue weighted by Gasteiger charge is -2.30. The molecule has 2 aromatic carbocycles. The van der Waals surface area contributed by atoms with Gasteiger partial charge in [-0.2, -0.15) is 0 Å². The Bertz CT molecular complexity index is 779. The normalized spacial score (nSPS) is 26.2. The van der Waals surface area contributed by atoms with Crippen LogP contribution in [0.2, 0.25) is 0 Å². The van der Waals surface area contributed by atoms with Crippen LogP contribution in [0.25, 0.3) is 11.1 Å². The van der Waals surface area contributed by atoms with Crippen molar-refractivity contribution in [3.63, 3.8) is 0 Å². The summed E-state index contributed by atoms with van der Waals surface area (Å²) in [5.41, 5.74) is 5.33. The molecule has 4 rings (SSSR count). The van der Waals surface area contributed by atoms with Crippen molar-refractivity contribution in [3.05, 3.63) is 59.7 Å². The first-order valence-electron chi connectivity index (χ1n) is 13.2. The predicted molar refractivity (Wildman–Crippen MR) is 134 cm³/mol. The molecule has 0 bridgehead atoms. The summed E-state index contributed by atoms with van der Waals surface area (Å²) < 4.78 is 12.3. The number of unbranched alkanes of at least 4 members (excludes halogenated alkanes) is 3. The third kappa shape index (κ3) is 6.23. The van der Waals surface area contributed by atoms with E-state index in [0.717, 1.165) is 24.9 Å². The molecule has 1 saturated heterocycles. The zero-order valence-corrected chi connectivity index (χ0v) is 20.2. The summed E-state index contributed by atoms with van der Waals surface area (Å²) in [4.78, 5) is 0. The Kier molecular flexibility index (Phi) is 8.82. The first-order chi connectivity index (χ1) is 15.8. The van der Waals surface area contributed by atoms with Gasteiger partial charge >= 0.3 is 0 Å². The molecule has 2 fully saturated rings. The molecule has 0 aromatic heterocycles. The molecule has 2 aliphatic rings. The molecule has 1 heterocycles. The fourth-order valence-corrected chi connectivity index (χ4v) is 5.44. The number of rotatable bonds is 9. The Hall–Kier alpha value is -1.64. The van der Waals surface area contributed by atoms with E-state index in [1.54, 1.807) is 0 Å². The van der Waals surface area contributed by atoms with E-state index >= 15 is 0 Å². The molecule has 2 heteroatoms. The van der Waals surface area contributed by atoms with Crippen molar-refractivity contribution >= 4 is 0 Å². The minimum absolute atomic E-state index is 0.0663. The summed E-state index contributed by atoms with van der Waals surface area (Å²) in [5, 5.41) is 0. The monoisotopic (exact) mass is 434 g/mol. The fourth-order valence-electron chi connectivity index (χ4n) is 5.44. The van der Waals surface area contributed by atoms with Crippen LogP contribution in [0.15, 0.2) is 48.5 Å². The molecule has 2 atom stereocenters. The van der Waals surface area contributed by atoms with Gasteiger partial charge in [0.25, 0.3) is 0 Å². The lowest BCUT2D eigenvalue weighted by atomic mass is 9.77. The van der Waals surface area contributed by atoms with Gasteiger partial charge in [0.1, 0.15) is 6.10 Å². The third-order valence-electron chi connectivity index (χ3n) is 7.77. The van der Waals surface area contributed by atoms with Crippen molar-refractivity contribution in [1.82, 2.24) is 0 Å². The van der Waals surface area contributed by atoms with Crippen LogP contribution >= 0.6 is 0 Å². The summed E-state index contributed by atoms with van der Waals surface area (Å²) in [7, 11) is 0. The van der Waals surface area contributed by atoms with Crippen LogP contribution in [0, 0.1) is 5.92 Å². The molecule has 1 aliphatic heterocycles. The van der Waals surface area contributed by atoms with Gasteiger partial charge in [-0.3, -0.25) is 0 Å². The van der Waals surface area contributed by atoms with Crippen molar-refractivity contribution in [2.75, 3.05) is 13.2 Å². The summed E-state index contributed by atoms with van der Waals surface area (Å²) >= 11 is 0. The summed E-state index contributed by atoms with van der Waals surface area (Å²) in [6, 6.07) is 18.2. The number of hydrogen-bond acceptors (Lipinski definition) is 2. The van der Waals surface area contributed by atoms with Crippen LogP contribution in [0.3, 0.4) is 0 Å². The van der Waals surface area contributed by atoms with Gasteiger partial charge < -0.3 is 9.47 Å². The highest BCUT2D eigenvalue weighted by Crippen LogP contribution is 2.37. The van der Waals surface area contributed by atoms with E-state index in [1.807, 2.05) is 0 Å². The van der Waals surface area contributed by atoms with Gasteiger partial charge in [0, 0.05) is 0 Å². The van der Waals surface area contributed by atoms with E-state index < -0.39 is 0 Å². The maximum absolute atomic E-state index is 6.15. The van der Waals surface area contributed by atoms with Gasteiger partial charge in [-0.1, -0.05) is 94.5 Å². The predicted octanol–water partition coefficient (Wildman–Crippen LogP) is 8.46. The highest BCUT2D eigenvalue weighted by molar-refractivity contribution is 5.64. The molecule has 174 valence electrons. The Morgan fingerprint density at radius 3 is 1.91 bits per heavy atom. The summed E-state index contributed by atoms with van der Waals surface area (Å²) in [6.45, 7) is 5.99. The third-order valence-corrected chi connectivity index (χ3v) is 7.77. The van der Waals surface area contributed by atoms with Crippen molar-refractivity contribution in [3.8, 4) is 11.1 Å². The van der Waals surface area contributed by atoms with Crippen molar-refractivity contribution < 1.29 is 9.47 Å². The second kappa shape index (κ2) is 12.0. The van der Waals surface area contributed by atoms with Crippen molar-refractivity contribution in [2.24, 2.45) is 5.92 Å². The molecule has 0 amide bonds. The largest absolute Gasteiger partial charge is 0.373 e. The van der Waals surface area contributed by atoms with E-state index in [2.05, 4.69) is 62.4 Å². The van der Waals surface area contributed by atoms with Gasteiger partial charge in [-0.15, -0.1) is 0 Å². The van der Waals surface area contributed by atoms with Crippen molar-refractivity contribution in [2.45, 2.75) is 96.2 Å². The average molecular weight is 435 g/mol. The molecule has 0 N–H and O–H groups in total. The number of ether oxygens (including phenoxy) is 2. The Morgan fingerprint density at radius 2 is 1.34 bits per heavy atom. The van der Waals surface area contributed by atoms with E-state index in [0.29, 0.717) is 6.61 Å². The zero-order chi connectivity index (χ0) is 22.2. The van der Waals surface area contributed by atoms with E-state index in [1.165, 1.54) is 80.0 Å². The standard InChI is InChI=1S/C30H42O2/c1-3-5-6-7-8-29-21-32-30(22-31-29)28-19-17-27(18-20-28)26-15-13-25(14-16-26)24-11-9-23(4-2)10-12-24/h13-20,23-24,29-30H,3-12,21-22H2,1-2H3.